The molecule has 1 fully saturated rings. The van der Waals surface area contributed by atoms with Crippen LogP contribution >= 0.6 is 0 Å². The van der Waals surface area contributed by atoms with Crippen molar-refractivity contribution in [2.75, 3.05) is 25.0 Å². The van der Waals surface area contributed by atoms with Crippen LogP contribution in [0.1, 0.15) is 47.2 Å². The van der Waals surface area contributed by atoms with E-state index in [1.54, 1.807) is 30.3 Å². The zero-order valence-corrected chi connectivity index (χ0v) is 20.3. The minimum absolute atomic E-state index is 0.179. The van der Waals surface area contributed by atoms with Crippen molar-refractivity contribution in [1.29, 1.82) is 0 Å². The largest absolute Gasteiger partial charge is 0.368 e. The van der Waals surface area contributed by atoms with Gasteiger partial charge in [-0.15, -0.1) is 0 Å². The van der Waals surface area contributed by atoms with Crippen molar-refractivity contribution in [3.63, 3.8) is 0 Å². The lowest BCUT2D eigenvalue weighted by atomic mass is 9.92. The second kappa shape index (κ2) is 10.6. The lowest BCUT2D eigenvalue weighted by Gasteiger charge is -2.31. The van der Waals surface area contributed by atoms with Gasteiger partial charge in [0.25, 0.3) is 5.91 Å². The number of benzene rings is 2. The summed E-state index contributed by atoms with van der Waals surface area (Å²) in [6, 6.07) is 11.8. The number of primary amides is 1. The third-order valence-electron chi connectivity index (χ3n) is 6.62. The van der Waals surface area contributed by atoms with Crippen LogP contribution in [0.3, 0.4) is 0 Å². The summed E-state index contributed by atoms with van der Waals surface area (Å²) in [5.74, 6) is -1.55. The fourth-order valence-electron chi connectivity index (χ4n) is 4.60. The second-order valence-corrected chi connectivity index (χ2v) is 11.0. The third-order valence-corrected chi connectivity index (χ3v) is 8.51. The molecule has 1 saturated heterocycles. The first-order chi connectivity index (χ1) is 16.7. The first-order valence-corrected chi connectivity index (χ1v) is 13.3. The molecule has 4 rings (SSSR count). The SMILES string of the molecule is NC(=O)CNC(=O)c1ccc(NC(=O)C2CCN(S(=O)(=O)c3ccc4c(c3)CCCC4)CC2)cc1. The number of nitrogens with two attached hydrogens (primary N) is 1. The van der Waals surface area contributed by atoms with Crippen LogP contribution in [0, 0.1) is 5.92 Å². The van der Waals surface area contributed by atoms with Crippen LogP contribution in [0.4, 0.5) is 5.69 Å². The van der Waals surface area contributed by atoms with E-state index in [4.69, 9.17) is 5.73 Å². The Hall–Kier alpha value is -3.24. The Morgan fingerprint density at radius 1 is 0.943 bits per heavy atom. The highest BCUT2D eigenvalue weighted by molar-refractivity contribution is 7.89. The van der Waals surface area contributed by atoms with Gasteiger partial charge in [-0.1, -0.05) is 6.07 Å². The topological polar surface area (TPSA) is 139 Å². The van der Waals surface area contributed by atoms with E-state index in [2.05, 4.69) is 10.6 Å². The Morgan fingerprint density at radius 3 is 2.26 bits per heavy atom. The minimum Gasteiger partial charge on any atom is -0.368 e. The Morgan fingerprint density at radius 2 is 1.60 bits per heavy atom. The fraction of sp³-hybridized carbons (Fsp3) is 0.400. The predicted molar refractivity (Wildman–Crippen MR) is 131 cm³/mol. The summed E-state index contributed by atoms with van der Waals surface area (Å²) in [5, 5.41) is 5.23. The molecular weight excluding hydrogens is 468 g/mol. The number of nitrogens with one attached hydrogen (secondary N) is 2. The number of hydrogen-bond donors (Lipinski definition) is 3. The smallest absolute Gasteiger partial charge is 0.251 e. The Labute approximate surface area is 205 Å². The van der Waals surface area contributed by atoms with Crippen molar-refractivity contribution >= 4 is 33.4 Å². The molecule has 9 nitrogen and oxygen atoms in total. The molecule has 2 aromatic carbocycles. The van der Waals surface area contributed by atoms with Gasteiger partial charge in [0.05, 0.1) is 11.4 Å². The van der Waals surface area contributed by atoms with E-state index < -0.39 is 21.8 Å². The number of carbonyl (C=O) groups is 3. The summed E-state index contributed by atoms with van der Waals surface area (Å²) < 4.78 is 27.8. The molecule has 2 aliphatic rings. The third kappa shape index (κ3) is 5.88. The molecular formula is C25H30N4O5S. The zero-order chi connectivity index (χ0) is 25.0. The number of carbonyl (C=O) groups excluding carboxylic acids is 3. The molecule has 186 valence electrons. The van der Waals surface area contributed by atoms with E-state index in [9.17, 15) is 22.8 Å². The average Bonchev–Trinajstić information content (AvgIpc) is 2.87. The number of hydrogen-bond acceptors (Lipinski definition) is 5. The van der Waals surface area contributed by atoms with Crippen LogP contribution in [0.5, 0.6) is 0 Å². The molecule has 1 aliphatic heterocycles. The van der Waals surface area contributed by atoms with Gasteiger partial charge in [-0.05, 0) is 86.1 Å². The predicted octanol–water partition coefficient (Wildman–Crippen LogP) is 1.82. The van der Waals surface area contributed by atoms with Crippen molar-refractivity contribution in [2.24, 2.45) is 11.7 Å². The molecule has 0 unspecified atom stereocenters. The van der Waals surface area contributed by atoms with Crippen molar-refractivity contribution in [3.05, 3.63) is 59.2 Å². The number of aryl methyl sites for hydroxylation is 2. The van der Waals surface area contributed by atoms with Crippen LogP contribution in [0.2, 0.25) is 0 Å². The summed E-state index contributed by atoms with van der Waals surface area (Å²) in [7, 11) is -3.59. The maximum atomic E-state index is 13.2. The fourth-order valence-corrected chi connectivity index (χ4v) is 6.12. The van der Waals surface area contributed by atoms with Gasteiger partial charge in [-0.3, -0.25) is 14.4 Å². The highest BCUT2D eigenvalue weighted by Gasteiger charge is 2.32. The maximum Gasteiger partial charge on any atom is 0.251 e. The van der Waals surface area contributed by atoms with Gasteiger partial charge in [-0.2, -0.15) is 4.31 Å². The summed E-state index contributed by atoms with van der Waals surface area (Å²) in [6.07, 6.45) is 5.02. The van der Waals surface area contributed by atoms with E-state index in [0.717, 1.165) is 31.2 Å². The van der Waals surface area contributed by atoms with E-state index in [1.165, 1.54) is 9.87 Å². The van der Waals surface area contributed by atoms with E-state index >= 15 is 0 Å². The zero-order valence-electron chi connectivity index (χ0n) is 19.5. The molecule has 0 saturated carbocycles. The van der Waals surface area contributed by atoms with Crippen LogP contribution in [0.25, 0.3) is 0 Å². The number of fused-ring (bicyclic) bond motifs is 1. The van der Waals surface area contributed by atoms with Crippen LogP contribution in [-0.4, -0.2) is 50.1 Å². The molecule has 4 N–H and O–H groups in total. The van der Waals surface area contributed by atoms with Gasteiger partial charge in [0.1, 0.15) is 0 Å². The van der Waals surface area contributed by atoms with Crippen molar-refractivity contribution < 1.29 is 22.8 Å². The molecule has 0 bridgehead atoms. The van der Waals surface area contributed by atoms with Gasteiger partial charge in [0, 0.05) is 30.3 Å². The Kier molecular flexibility index (Phi) is 7.51. The molecule has 0 atom stereocenters. The normalized spacial score (nSPS) is 16.8. The molecule has 35 heavy (non-hydrogen) atoms. The van der Waals surface area contributed by atoms with Gasteiger partial charge in [-0.25, -0.2) is 8.42 Å². The number of rotatable bonds is 7. The van der Waals surface area contributed by atoms with Gasteiger partial charge < -0.3 is 16.4 Å². The van der Waals surface area contributed by atoms with E-state index in [-0.39, 0.29) is 31.5 Å². The molecule has 1 aliphatic carbocycles. The molecule has 0 spiro atoms. The second-order valence-electron chi connectivity index (χ2n) is 9.03. The summed E-state index contributed by atoms with van der Waals surface area (Å²) in [6.45, 7) is 0.325. The standard InChI is InChI=1S/C25H30N4O5S/c26-23(30)16-27-24(31)18-5-8-21(9-6-18)28-25(32)19-11-13-29(14-12-19)35(33,34)22-10-7-17-3-1-2-4-20(17)15-22/h5-10,15,19H,1-4,11-14,16H2,(H2,26,30)(H,27,31)(H,28,32). The number of nitrogens with zero attached hydrogens (tertiary/aromatic N) is 1. The first-order valence-electron chi connectivity index (χ1n) is 11.8. The van der Waals surface area contributed by atoms with Gasteiger partial charge in [0.2, 0.25) is 21.8 Å². The Bertz CT molecular complexity index is 1220. The van der Waals surface area contributed by atoms with Gasteiger partial charge in [0.15, 0.2) is 0 Å². The molecule has 0 radical (unpaired) electrons. The van der Waals surface area contributed by atoms with Crippen LogP contribution in [-0.2, 0) is 32.5 Å². The van der Waals surface area contributed by atoms with E-state index in [1.807, 2.05) is 12.1 Å². The lowest BCUT2D eigenvalue weighted by molar-refractivity contribution is -0.121. The highest BCUT2D eigenvalue weighted by Crippen LogP contribution is 2.28. The number of sulfonamides is 1. The summed E-state index contributed by atoms with van der Waals surface area (Å²) >= 11 is 0. The van der Waals surface area contributed by atoms with Gasteiger partial charge >= 0.3 is 0 Å². The molecule has 10 heteroatoms. The van der Waals surface area contributed by atoms with Crippen molar-refractivity contribution in [3.8, 4) is 0 Å². The molecule has 3 amide bonds. The summed E-state index contributed by atoms with van der Waals surface area (Å²) in [4.78, 5) is 35.8. The lowest BCUT2D eigenvalue weighted by Crippen LogP contribution is -2.41. The molecule has 1 heterocycles. The highest BCUT2D eigenvalue weighted by atomic mass is 32.2. The minimum atomic E-state index is -3.59. The quantitative estimate of drug-likeness (QED) is 0.534. The summed E-state index contributed by atoms with van der Waals surface area (Å²) in [5.41, 5.74) is 8.26. The molecule has 0 aromatic heterocycles. The monoisotopic (exact) mass is 498 g/mol. The average molecular weight is 499 g/mol. The number of anilines is 1. The van der Waals surface area contributed by atoms with E-state index in [0.29, 0.717) is 29.0 Å². The van der Waals surface area contributed by atoms with Crippen LogP contribution < -0.4 is 16.4 Å². The van der Waals surface area contributed by atoms with Crippen LogP contribution in [0.15, 0.2) is 47.4 Å². The Balaban J connectivity index is 1.32. The first kappa shape index (κ1) is 24.9. The molecule has 2 aromatic rings. The van der Waals surface area contributed by atoms with Crippen molar-refractivity contribution in [1.82, 2.24) is 9.62 Å². The maximum absolute atomic E-state index is 13.2. The van der Waals surface area contributed by atoms with Crippen molar-refractivity contribution in [2.45, 2.75) is 43.4 Å². The number of piperidine rings is 1. The number of amides is 3.